The Balaban J connectivity index is 1.91. The minimum absolute atomic E-state index is 0.0437. The van der Waals surface area contributed by atoms with Crippen molar-refractivity contribution in [2.24, 2.45) is 0 Å². The standard InChI is InChI=1S/C19H13F7N4O2/c20-13-5-10(28)2-4-14(13)29-16(31)15-8-30(17(32-15)19(24,25)26)11-3-1-9(7-27)12(6-11)18(21,22)23/h1-6,15,17H,8,28H2,(H,29,31)/t15-,17+/m0/s1. The maximum absolute atomic E-state index is 13.9. The van der Waals surface area contributed by atoms with Crippen molar-refractivity contribution in [1.82, 2.24) is 0 Å². The lowest BCUT2D eigenvalue weighted by atomic mass is 10.1. The van der Waals surface area contributed by atoms with E-state index in [2.05, 4.69) is 5.32 Å². The first-order chi connectivity index (χ1) is 14.8. The summed E-state index contributed by atoms with van der Waals surface area (Å²) in [5.74, 6) is -2.09. The number of amides is 1. The second-order valence-electron chi connectivity index (χ2n) is 6.74. The molecule has 170 valence electrons. The number of nitrogens with one attached hydrogen (secondary N) is 1. The van der Waals surface area contributed by atoms with E-state index in [9.17, 15) is 35.5 Å². The summed E-state index contributed by atoms with van der Waals surface area (Å²) in [6.07, 6.45) is -14.6. The number of nitrogen functional groups attached to an aromatic ring is 1. The number of nitrogens with two attached hydrogens (primary N) is 1. The first kappa shape index (κ1) is 23.1. The van der Waals surface area contributed by atoms with Crippen molar-refractivity contribution in [2.75, 3.05) is 22.5 Å². The van der Waals surface area contributed by atoms with Crippen LogP contribution in [-0.2, 0) is 15.7 Å². The highest BCUT2D eigenvalue weighted by molar-refractivity contribution is 5.95. The van der Waals surface area contributed by atoms with E-state index in [0.29, 0.717) is 11.0 Å². The molecule has 0 saturated carbocycles. The maximum atomic E-state index is 13.9. The molecular formula is C19H13F7N4O2. The summed E-state index contributed by atoms with van der Waals surface area (Å²) in [7, 11) is 0. The van der Waals surface area contributed by atoms with E-state index in [4.69, 9.17) is 15.7 Å². The molecule has 1 fully saturated rings. The van der Waals surface area contributed by atoms with Crippen LogP contribution < -0.4 is 16.0 Å². The van der Waals surface area contributed by atoms with Crippen LogP contribution >= 0.6 is 0 Å². The number of rotatable bonds is 3. The summed E-state index contributed by atoms with van der Waals surface area (Å²) in [6, 6.07) is 6.52. The van der Waals surface area contributed by atoms with Gasteiger partial charge in [0.15, 0.2) is 6.10 Å². The van der Waals surface area contributed by atoms with Crippen LogP contribution in [0.5, 0.6) is 0 Å². The van der Waals surface area contributed by atoms with E-state index in [1.807, 2.05) is 0 Å². The number of hydrogen-bond acceptors (Lipinski definition) is 5. The van der Waals surface area contributed by atoms with Crippen LogP contribution in [0, 0.1) is 17.1 Å². The minimum atomic E-state index is -5.08. The summed E-state index contributed by atoms with van der Waals surface area (Å²) < 4.78 is 98.8. The molecule has 0 unspecified atom stereocenters. The second kappa shape index (κ2) is 8.19. The number of alkyl halides is 6. The van der Waals surface area contributed by atoms with Crippen LogP contribution in [0.3, 0.4) is 0 Å². The number of benzene rings is 2. The van der Waals surface area contributed by atoms with Gasteiger partial charge >= 0.3 is 12.4 Å². The van der Waals surface area contributed by atoms with Gasteiger partial charge in [0, 0.05) is 11.4 Å². The van der Waals surface area contributed by atoms with Crippen molar-refractivity contribution in [3.63, 3.8) is 0 Å². The average molecular weight is 462 g/mol. The van der Waals surface area contributed by atoms with E-state index >= 15 is 0 Å². The smallest absolute Gasteiger partial charge is 0.399 e. The molecule has 1 heterocycles. The van der Waals surface area contributed by atoms with Crippen molar-refractivity contribution >= 4 is 23.0 Å². The third-order valence-electron chi connectivity index (χ3n) is 4.52. The zero-order valence-corrected chi connectivity index (χ0v) is 15.8. The Morgan fingerprint density at radius 3 is 2.41 bits per heavy atom. The predicted molar refractivity (Wildman–Crippen MR) is 97.7 cm³/mol. The van der Waals surface area contributed by atoms with Crippen LogP contribution in [0.1, 0.15) is 11.1 Å². The molecule has 1 aliphatic rings. The lowest BCUT2D eigenvalue weighted by molar-refractivity contribution is -0.212. The second-order valence-corrected chi connectivity index (χ2v) is 6.74. The van der Waals surface area contributed by atoms with Crippen LogP contribution in [0.15, 0.2) is 36.4 Å². The summed E-state index contributed by atoms with van der Waals surface area (Å²) in [6.45, 7) is -0.782. The lowest BCUT2D eigenvalue weighted by Gasteiger charge is -2.27. The van der Waals surface area contributed by atoms with Crippen LogP contribution in [-0.4, -0.2) is 31.0 Å². The number of carbonyl (C=O) groups excluding carboxylic acids is 1. The van der Waals surface area contributed by atoms with Gasteiger partial charge in [0.05, 0.1) is 29.4 Å². The highest BCUT2D eigenvalue weighted by Gasteiger charge is 2.52. The van der Waals surface area contributed by atoms with Crippen LogP contribution in [0.4, 0.5) is 47.8 Å². The van der Waals surface area contributed by atoms with E-state index < -0.39 is 59.8 Å². The van der Waals surface area contributed by atoms with Gasteiger partial charge in [0.2, 0.25) is 6.23 Å². The quantitative estimate of drug-likeness (QED) is 0.531. The molecule has 2 aromatic carbocycles. The van der Waals surface area contributed by atoms with Crippen molar-refractivity contribution < 1.29 is 40.3 Å². The van der Waals surface area contributed by atoms with Crippen molar-refractivity contribution in [3.8, 4) is 6.07 Å². The minimum Gasteiger partial charge on any atom is -0.399 e. The molecule has 0 spiro atoms. The average Bonchev–Trinajstić information content (AvgIpc) is 3.15. The van der Waals surface area contributed by atoms with E-state index in [1.54, 1.807) is 0 Å². The summed E-state index contributed by atoms with van der Waals surface area (Å²) in [5, 5.41) is 10.9. The molecule has 13 heteroatoms. The molecule has 1 aliphatic heterocycles. The van der Waals surface area contributed by atoms with Crippen molar-refractivity contribution in [2.45, 2.75) is 24.7 Å². The predicted octanol–water partition coefficient (Wildman–Crippen LogP) is 4.03. The highest BCUT2D eigenvalue weighted by atomic mass is 19.4. The van der Waals surface area contributed by atoms with E-state index in [1.165, 1.54) is 12.1 Å². The molecule has 32 heavy (non-hydrogen) atoms. The molecule has 0 aliphatic carbocycles. The Bertz CT molecular complexity index is 1080. The first-order valence-electron chi connectivity index (χ1n) is 8.77. The summed E-state index contributed by atoms with van der Waals surface area (Å²) in [4.78, 5) is 12.8. The third-order valence-corrected chi connectivity index (χ3v) is 4.52. The topological polar surface area (TPSA) is 91.4 Å². The molecule has 3 rings (SSSR count). The van der Waals surface area contributed by atoms with Gasteiger partial charge in [-0.15, -0.1) is 0 Å². The van der Waals surface area contributed by atoms with Crippen LogP contribution in [0.25, 0.3) is 0 Å². The van der Waals surface area contributed by atoms with E-state index in [-0.39, 0.29) is 11.4 Å². The van der Waals surface area contributed by atoms with Gasteiger partial charge in [0.25, 0.3) is 5.91 Å². The van der Waals surface area contributed by atoms with Crippen molar-refractivity contribution in [3.05, 3.63) is 53.3 Å². The molecule has 2 aromatic rings. The zero-order valence-electron chi connectivity index (χ0n) is 15.8. The molecule has 3 N–H and O–H groups in total. The molecule has 6 nitrogen and oxygen atoms in total. The summed E-state index contributed by atoms with van der Waals surface area (Å²) in [5.41, 5.74) is 2.28. The molecule has 0 radical (unpaired) electrons. The normalized spacial score (nSPS) is 19.0. The number of hydrogen-bond donors (Lipinski definition) is 2. The Morgan fingerprint density at radius 2 is 1.84 bits per heavy atom. The Kier molecular flexibility index (Phi) is 5.92. The third kappa shape index (κ3) is 4.70. The van der Waals surface area contributed by atoms with Gasteiger partial charge in [-0.05, 0) is 36.4 Å². The molecule has 0 bridgehead atoms. The zero-order chi connectivity index (χ0) is 23.8. The monoisotopic (exact) mass is 462 g/mol. The van der Waals surface area contributed by atoms with Gasteiger partial charge in [-0.1, -0.05) is 0 Å². The lowest BCUT2D eigenvalue weighted by Crippen LogP contribution is -2.42. The molecule has 1 amide bonds. The fourth-order valence-corrected chi connectivity index (χ4v) is 3.07. The maximum Gasteiger partial charge on any atom is 0.433 e. The Labute approximate surface area is 176 Å². The molecule has 1 saturated heterocycles. The van der Waals surface area contributed by atoms with Gasteiger partial charge < -0.3 is 20.7 Å². The molecule has 0 aromatic heterocycles. The van der Waals surface area contributed by atoms with Gasteiger partial charge in [-0.25, -0.2) is 4.39 Å². The number of nitriles is 1. The highest BCUT2D eigenvalue weighted by Crippen LogP contribution is 2.39. The van der Waals surface area contributed by atoms with Gasteiger partial charge in [0.1, 0.15) is 5.82 Å². The van der Waals surface area contributed by atoms with E-state index in [0.717, 1.165) is 24.3 Å². The molecular weight excluding hydrogens is 449 g/mol. The first-order valence-corrected chi connectivity index (χ1v) is 8.77. The molecule has 2 atom stereocenters. The Hall–Kier alpha value is -3.53. The van der Waals surface area contributed by atoms with Gasteiger partial charge in [-0.3, -0.25) is 4.79 Å². The van der Waals surface area contributed by atoms with Crippen molar-refractivity contribution in [1.29, 1.82) is 5.26 Å². The number of nitrogens with zero attached hydrogens (tertiary/aromatic N) is 2. The number of halogens is 7. The number of ether oxygens (including phenoxy) is 1. The largest absolute Gasteiger partial charge is 0.433 e. The fourth-order valence-electron chi connectivity index (χ4n) is 3.07. The summed E-state index contributed by atoms with van der Waals surface area (Å²) >= 11 is 0. The fraction of sp³-hybridized carbons (Fsp3) is 0.263. The van der Waals surface area contributed by atoms with Crippen LogP contribution in [0.2, 0.25) is 0 Å². The SMILES string of the molecule is N#Cc1ccc(N2C[C@@H](C(=O)Nc3ccc(N)cc3F)O[C@@H]2C(F)(F)F)cc1C(F)(F)F. The number of anilines is 3. The van der Waals surface area contributed by atoms with Gasteiger partial charge in [-0.2, -0.15) is 31.6 Å². The number of carbonyl (C=O) groups is 1. The Morgan fingerprint density at radius 1 is 1.16 bits per heavy atom.